The summed E-state index contributed by atoms with van der Waals surface area (Å²) in [6, 6.07) is 21.3. The third-order valence-electron chi connectivity index (χ3n) is 5.18. The van der Waals surface area contributed by atoms with E-state index in [-0.39, 0.29) is 17.9 Å². The summed E-state index contributed by atoms with van der Waals surface area (Å²) in [7, 11) is 0. The van der Waals surface area contributed by atoms with E-state index in [2.05, 4.69) is 5.32 Å². The lowest BCUT2D eigenvalue weighted by atomic mass is 10.0. The van der Waals surface area contributed by atoms with E-state index < -0.39 is 0 Å². The van der Waals surface area contributed by atoms with Crippen LogP contribution in [0.5, 0.6) is 5.75 Å². The predicted octanol–water partition coefficient (Wildman–Crippen LogP) is 3.70. The Morgan fingerprint density at radius 2 is 1.83 bits per heavy atom. The van der Waals surface area contributed by atoms with Crippen LogP contribution in [0, 0.1) is 0 Å². The number of amides is 2. The average Bonchev–Trinajstić information content (AvgIpc) is 3.09. The third kappa shape index (κ3) is 4.24. The molecule has 1 atom stereocenters. The van der Waals surface area contributed by atoms with Gasteiger partial charge in [-0.05, 0) is 47.5 Å². The molecule has 5 nitrogen and oxygen atoms in total. The normalized spacial score (nSPS) is 16.2. The maximum absolute atomic E-state index is 12.6. The summed E-state index contributed by atoms with van der Waals surface area (Å²) in [5.41, 5.74) is 1.82. The van der Waals surface area contributed by atoms with Crippen molar-refractivity contribution in [2.75, 3.05) is 18.1 Å². The molecule has 1 aliphatic rings. The molecule has 0 bridgehead atoms. The summed E-state index contributed by atoms with van der Waals surface area (Å²) in [6.07, 6.45) is 0.615. The van der Waals surface area contributed by atoms with Crippen molar-refractivity contribution in [2.24, 2.45) is 0 Å². The second kappa shape index (κ2) is 8.35. The fraction of sp³-hybridized carbons (Fsp3) is 0.250. The van der Waals surface area contributed by atoms with E-state index in [1.54, 1.807) is 4.90 Å². The summed E-state index contributed by atoms with van der Waals surface area (Å²) < 4.78 is 5.45. The Kier molecular flexibility index (Phi) is 5.47. The molecule has 29 heavy (non-hydrogen) atoms. The van der Waals surface area contributed by atoms with Crippen LogP contribution in [0.4, 0.5) is 5.69 Å². The number of anilines is 1. The van der Waals surface area contributed by atoms with Crippen molar-refractivity contribution in [3.63, 3.8) is 0 Å². The van der Waals surface area contributed by atoms with Crippen LogP contribution < -0.4 is 15.0 Å². The van der Waals surface area contributed by atoms with Gasteiger partial charge in [0.15, 0.2) is 0 Å². The molecule has 3 aromatic rings. The Bertz CT molecular complexity index is 1020. The van der Waals surface area contributed by atoms with Gasteiger partial charge >= 0.3 is 0 Å². The molecule has 0 aromatic heterocycles. The molecule has 1 N–H and O–H groups in total. The fourth-order valence-electron chi connectivity index (χ4n) is 3.84. The van der Waals surface area contributed by atoms with E-state index in [0.717, 1.165) is 27.8 Å². The highest BCUT2D eigenvalue weighted by molar-refractivity contribution is 5.97. The van der Waals surface area contributed by atoms with Gasteiger partial charge in [0, 0.05) is 18.7 Å². The van der Waals surface area contributed by atoms with Crippen molar-refractivity contribution >= 4 is 28.3 Å². The number of hydrogen-bond acceptors (Lipinski definition) is 3. The minimum Gasteiger partial charge on any atom is -0.494 e. The minimum atomic E-state index is -0.184. The standard InChI is InChI=1S/C24H24N2O3/c1-2-29-21-12-10-20(11-13-21)26-16-19(15-24(26)28)25-23(27)14-18-8-5-7-17-6-3-4-9-22(17)18/h3-13,19H,2,14-16H2,1H3,(H,25,27)/t19-/m1/s1. The van der Waals surface area contributed by atoms with Crippen LogP contribution in [0.15, 0.2) is 66.7 Å². The first-order valence-electron chi connectivity index (χ1n) is 9.93. The van der Waals surface area contributed by atoms with Crippen molar-refractivity contribution in [3.8, 4) is 5.75 Å². The molecule has 1 saturated heterocycles. The van der Waals surface area contributed by atoms with Crippen LogP contribution >= 0.6 is 0 Å². The van der Waals surface area contributed by atoms with Crippen LogP contribution in [0.1, 0.15) is 18.9 Å². The van der Waals surface area contributed by atoms with Crippen molar-refractivity contribution in [1.29, 1.82) is 0 Å². The zero-order valence-electron chi connectivity index (χ0n) is 16.4. The third-order valence-corrected chi connectivity index (χ3v) is 5.18. The second-order valence-electron chi connectivity index (χ2n) is 7.21. The lowest BCUT2D eigenvalue weighted by Gasteiger charge is -2.18. The number of carbonyl (C=O) groups is 2. The van der Waals surface area contributed by atoms with E-state index in [0.29, 0.717) is 26.0 Å². The van der Waals surface area contributed by atoms with E-state index in [4.69, 9.17) is 4.74 Å². The first-order chi connectivity index (χ1) is 14.1. The Morgan fingerprint density at radius 1 is 1.07 bits per heavy atom. The largest absolute Gasteiger partial charge is 0.494 e. The highest BCUT2D eigenvalue weighted by Crippen LogP contribution is 2.24. The van der Waals surface area contributed by atoms with Gasteiger partial charge in [-0.1, -0.05) is 42.5 Å². The quantitative estimate of drug-likeness (QED) is 0.700. The average molecular weight is 388 g/mol. The van der Waals surface area contributed by atoms with Gasteiger partial charge in [0.2, 0.25) is 11.8 Å². The van der Waals surface area contributed by atoms with Gasteiger partial charge in [-0.15, -0.1) is 0 Å². The maximum atomic E-state index is 12.6. The van der Waals surface area contributed by atoms with Gasteiger partial charge in [0.1, 0.15) is 5.75 Å². The van der Waals surface area contributed by atoms with E-state index >= 15 is 0 Å². The zero-order chi connectivity index (χ0) is 20.2. The summed E-state index contributed by atoms with van der Waals surface area (Å²) in [6.45, 7) is 3.02. The monoisotopic (exact) mass is 388 g/mol. The number of carbonyl (C=O) groups excluding carboxylic acids is 2. The molecule has 0 unspecified atom stereocenters. The Morgan fingerprint density at radius 3 is 2.62 bits per heavy atom. The zero-order valence-corrected chi connectivity index (χ0v) is 16.4. The van der Waals surface area contributed by atoms with Crippen molar-refractivity contribution in [1.82, 2.24) is 5.32 Å². The Balaban J connectivity index is 1.40. The van der Waals surface area contributed by atoms with Gasteiger partial charge in [0.05, 0.1) is 19.1 Å². The van der Waals surface area contributed by atoms with Crippen molar-refractivity contribution < 1.29 is 14.3 Å². The van der Waals surface area contributed by atoms with Gasteiger partial charge in [-0.3, -0.25) is 9.59 Å². The molecule has 1 aliphatic heterocycles. The number of ether oxygens (including phenoxy) is 1. The summed E-state index contributed by atoms with van der Waals surface area (Å²) in [4.78, 5) is 26.8. The van der Waals surface area contributed by atoms with Gasteiger partial charge in [-0.25, -0.2) is 0 Å². The van der Waals surface area contributed by atoms with Crippen LogP contribution in [0.3, 0.4) is 0 Å². The molecule has 2 amide bonds. The molecule has 0 radical (unpaired) electrons. The molecule has 1 fully saturated rings. The molecular formula is C24H24N2O3. The maximum Gasteiger partial charge on any atom is 0.229 e. The van der Waals surface area contributed by atoms with E-state index in [9.17, 15) is 9.59 Å². The molecule has 3 aromatic carbocycles. The molecule has 0 saturated carbocycles. The van der Waals surface area contributed by atoms with Gasteiger partial charge < -0.3 is 15.0 Å². The molecule has 1 heterocycles. The van der Waals surface area contributed by atoms with E-state index in [1.807, 2.05) is 73.7 Å². The van der Waals surface area contributed by atoms with Crippen molar-refractivity contribution in [2.45, 2.75) is 25.8 Å². The van der Waals surface area contributed by atoms with Crippen molar-refractivity contribution in [3.05, 3.63) is 72.3 Å². The molecule has 0 spiro atoms. The fourth-order valence-corrected chi connectivity index (χ4v) is 3.84. The number of rotatable bonds is 6. The van der Waals surface area contributed by atoms with Crippen LogP contribution in [0.2, 0.25) is 0 Å². The summed E-state index contributed by atoms with van der Waals surface area (Å²) in [5, 5.41) is 5.24. The second-order valence-corrected chi connectivity index (χ2v) is 7.21. The van der Waals surface area contributed by atoms with Crippen LogP contribution in [-0.2, 0) is 16.0 Å². The number of nitrogens with one attached hydrogen (secondary N) is 1. The lowest BCUT2D eigenvalue weighted by molar-refractivity contribution is -0.121. The highest BCUT2D eigenvalue weighted by atomic mass is 16.5. The smallest absolute Gasteiger partial charge is 0.229 e. The molecule has 0 aliphatic carbocycles. The van der Waals surface area contributed by atoms with E-state index in [1.165, 1.54) is 0 Å². The van der Waals surface area contributed by atoms with Gasteiger partial charge in [-0.2, -0.15) is 0 Å². The lowest BCUT2D eigenvalue weighted by Crippen LogP contribution is -2.38. The first-order valence-corrected chi connectivity index (χ1v) is 9.93. The number of hydrogen-bond donors (Lipinski definition) is 1. The highest BCUT2D eigenvalue weighted by Gasteiger charge is 2.31. The Labute approximate surface area is 170 Å². The SMILES string of the molecule is CCOc1ccc(N2C[C@H](NC(=O)Cc3cccc4ccccc34)CC2=O)cc1. The molecule has 4 rings (SSSR count). The number of fused-ring (bicyclic) bond motifs is 1. The summed E-state index contributed by atoms with van der Waals surface area (Å²) in [5.74, 6) is 0.736. The Hall–Kier alpha value is -3.34. The van der Waals surface area contributed by atoms with Crippen LogP contribution in [-0.4, -0.2) is 31.0 Å². The first kappa shape index (κ1) is 19.0. The van der Waals surface area contributed by atoms with Gasteiger partial charge in [0.25, 0.3) is 0 Å². The van der Waals surface area contributed by atoms with Crippen LogP contribution in [0.25, 0.3) is 10.8 Å². The topological polar surface area (TPSA) is 58.6 Å². The number of nitrogens with zero attached hydrogens (tertiary/aromatic N) is 1. The predicted molar refractivity (Wildman–Crippen MR) is 114 cm³/mol. The molecule has 5 heteroatoms. The number of benzene rings is 3. The summed E-state index contributed by atoms with van der Waals surface area (Å²) >= 11 is 0. The molecule has 148 valence electrons. The minimum absolute atomic E-state index is 0.0182. The molecular weight excluding hydrogens is 364 g/mol.